The van der Waals surface area contributed by atoms with Gasteiger partial charge in [-0.15, -0.1) is 15.3 Å². The Morgan fingerprint density at radius 2 is 1.83 bits per heavy atom. The Morgan fingerprint density at radius 1 is 1.03 bits per heavy atom. The zero-order valence-electron chi connectivity index (χ0n) is 15.9. The Morgan fingerprint density at radius 3 is 2.62 bits per heavy atom. The fraction of sp³-hybridized carbons (Fsp3) is 0.158. The van der Waals surface area contributed by atoms with Crippen LogP contribution in [0.15, 0.2) is 59.8 Å². The normalized spacial score (nSPS) is 10.8. The summed E-state index contributed by atoms with van der Waals surface area (Å²) in [6.07, 6.45) is 0. The van der Waals surface area contributed by atoms with E-state index >= 15 is 0 Å². The molecule has 4 rings (SSSR count). The summed E-state index contributed by atoms with van der Waals surface area (Å²) in [4.78, 5) is 11.4. The first-order chi connectivity index (χ1) is 14.1. The molecule has 9 nitrogen and oxygen atoms in total. The van der Waals surface area contributed by atoms with Gasteiger partial charge in [0.1, 0.15) is 5.82 Å². The molecule has 0 spiro atoms. The Hall–Kier alpha value is -3.53. The minimum absolute atomic E-state index is 0.120. The number of tetrazole rings is 1. The number of rotatable bonds is 6. The quantitative estimate of drug-likeness (QED) is 0.491. The maximum Gasteiger partial charge on any atom is 0.221 e. The second-order valence-electron chi connectivity index (χ2n) is 6.23. The molecule has 0 radical (unpaired) electrons. The molecule has 2 aromatic carbocycles. The minimum atomic E-state index is -0.120. The summed E-state index contributed by atoms with van der Waals surface area (Å²) in [5, 5.41) is 24.0. The molecule has 0 aliphatic carbocycles. The molecule has 0 fully saturated rings. The van der Waals surface area contributed by atoms with Gasteiger partial charge < -0.3 is 5.32 Å². The van der Waals surface area contributed by atoms with E-state index in [2.05, 4.69) is 31.0 Å². The number of hydrogen-bond acceptors (Lipinski definition) is 7. The van der Waals surface area contributed by atoms with Crippen LogP contribution in [-0.2, 0) is 10.5 Å². The average molecular weight is 406 g/mol. The zero-order valence-corrected chi connectivity index (χ0v) is 16.7. The van der Waals surface area contributed by atoms with E-state index in [-0.39, 0.29) is 5.91 Å². The Bertz CT molecular complexity index is 1140. The SMILES string of the molecule is CC(=O)Nc1cccc(-n2c(C)nnc2SCc2nnnn2-c2ccccc2)c1. The van der Waals surface area contributed by atoms with Gasteiger partial charge >= 0.3 is 0 Å². The van der Waals surface area contributed by atoms with Gasteiger partial charge in [0, 0.05) is 12.6 Å². The second kappa shape index (κ2) is 8.23. The van der Waals surface area contributed by atoms with Gasteiger partial charge in [-0.2, -0.15) is 4.68 Å². The van der Waals surface area contributed by atoms with Crippen molar-refractivity contribution in [1.82, 2.24) is 35.0 Å². The van der Waals surface area contributed by atoms with Crippen molar-refractivity contribution in [3.63, 3.8) is 0 Å². The van der Waals surface area contributed by atoms with Crippen LogP contribution in [0.3, 0.4) is 0 Å². The number of nitrogens with one attached hydrogen (secondary N) is 1. The van der Waals surface area contributed by atoms with Crippen LogP contribution in [0.25, 0.3) is 11.4 Å². The fourth-order valence-electron chi connectivity index (χ4n) is 2.85. The van der Waals surface area contributed by atoms with Crippen molar-refractivity contribution in [2.24, 2.45) is 0 Å². The van der Waals surface area contributed by atoms with E-state index in [0.717, 1.165) is 17.2 Å². The summed E-state index contributed by atoms with van der Waals surface area (Å²) in [7, 11) is 0. The van der Waals surface area contributed by atoms with Gasteiger partial charge in [0.25, 0.3) is 0 Å². The summed E-state index contributed by atoms with van der Waals surface area (Å²) in [5.41, 5.74) is 2.48. The molecule has 146 valence electrons. The van der Waals surface area contributed by atoms with Gasteiger partial charge in [-0.05, 0) is 47.7 Å². The molecule has 0 saturated heterocycles. The smallest absolute Gasteiger partial charge is 0.221 e. The lowest BCUT2D eigenvalue weighted by Gasteiger charge is -2.10. The van der Waals surface area contributed by atoms with Gasteiger partial charge in [-0.25, -0.2) is 0 Å². The van der Waals surface area contributed by atoms with Crippen molar-refractivity contribution in [2.75, 3.05) is 5.32 Å². The summed E-state index contributed by atoms with van der Waals surface area (Å²) in [6, 6.07) is 17.3. The molecule has 0 bridgehead atoms. The molecule has 0 saturated carbocycles. The number of para-hydroxylation sites is 1. The van der Waals surface area contributed by atoms with E-state index in [4.69, 9.17) is 0 Å². The standard InChI is InChI=1S/C19H18N8OS/c1-13-21-23-19(26(13)17-10-6-7-15(11-17)20-14(2)28)29-12-18-22-24-25-27(18)16-8-4-3-5-9-16/h3-11H,12H2,1-2H3,(H,20,28). The first-order valence-electron chi connectivity index (χ1n) is 8.87. The third-order valence-corrected chi connectivity index (χ3v) is 5.01. The number of anilines is 1. The van der Waals surface area contributed by atoms with Crippen molar-refractivity contribution in [3.05, 3.63) is 66.2 Å². The molecule has 29 heavy (non-hydrogen) atoms. The van der Waals surface area contributed by atoms with E-state index in [1.807, 2.05) is 66.1 Å². The van der Waals surface area contributed by atoms with E-state index in [9.17, 15) is 4.79 Å². The molecule has 0 aliphatic rings. The molecule has 0 aliphatic heterocycles. The molecule has 0 unspecified atom stereocenters. The molecule has 1 N–H and O–H groups in total. The summed E-state index contributed by atoms with van der Waals surface area (Å²) < 4.78 is 3.64. The van der Waals surface area contributed by atoms with E-state index < -0.39 is 0 Å². The highest BCUT2D eigenvalue weighted by Crippen LogP contribution is 2.26. The number of carbonyl (C=O) groups excluding carboxylic acids is 1. The van der Waals surface area contributed by atoms with Crippen LogP contribution in [-0.4, -0.2) is 40.9 Å². The summed E-state index contributed by atoms with van der Waals surface area (Å²) >= 11 is 1.49. The highest BCUT2D eigenvalue weighted by molar-refractivity contribution is 7.98. The average Bonchev–Trinajstić information content (AvgIpc) is 3.33. The predicted molar refractivity (Wildman–Crippen MR) is 109 cm³/mol. The third kappa shape index (κ3) is 4.16. The van der Waals surface area contributed by atoms with Gasteiger partial charge in [-0.3, -0.25) is 9.36 Å². The van der Waals surface area contributed by atoms with Crippen LogP contribution in [0.5, 0.6) is 0 Å². The van der Waals surface area contributed by atoms with E-state index in [1.54, 1.807) is 4.68 Å². The van der Waals surface area contributed by atoms with Crippen LogP contribution in [0.1, 0.15) is 18.6 Å². The maximum absolute atomic E-state index is 11.4. The predicted octanol–water partition coefficient (Wildman–Crippen LogP) is 2.80. The highest BCUT2D eigenvalue weighted by atomic mass is 32.2. The molecule has 2 aromatic heterocycles. The van der Waals surface area contributed by atoms with E-state index in [1.165, 1.54) is 18.7 Å². The van der Waals surface area contributed by atoms with Crippen molar-refractivity contribution >= 4 is 23.4 Å². The van der Waals surface area contributed by atoms with Crippen LogP contribution < -0.4 is 5.32 Å². The number of aryl methyl sites for hydroxylation is 1. The number of thioether (sulfide) groups is 1. The Labute approximate surface area is 171 Å². The molecular weight excluding hydrogens is 388 g/mol. The summed E-state index contributed by atoms with van der Waals surface area (Å²) in [5.74, 6) is 1.85. The largest absolute Gasteiger partial charge is 0.326 e. The number of nitrogens with zero attached hydrogens (tertiary/aromatic N) is 7. The molecular formula is C19H18N8OS. The fourth-order valence-corrected chi connectivity index (χ4v) is 3.76. The molecule has 2 heterocycles. The lowest BCUT2D eigenvalue weighted by atomic mass is 10.2. The monoisotopic (exact) mass is 406 g/mol. The third-order valence-electron chi connectivity index (χ3n) is 4.09. The lowest BCUT2D eigenvalue weighted by molar-refractivity contribution is -0.114. The number of hydrogen-bond donors (Lipinski definition) is 1. The van der Waals surface area contributed by atoms with Crippen LogP contribution in [0, 0.1) is 6.92 Å². The number of benzene rings is 2. The Kier molecular flexibility index (Phi) is 5.34. The van der Waals surface area contributed by atoms with Crippen molar-refractivity contribution in [2.45, 2.75) is 24.8 Å². The topological polar surface area (TPSA) is 103 Å². The van der Waals surface area contributed by atoms with Gasteiger partial charge in [0.2, 0.25) is 5.91 Å². The zero-order chi connectivity index (χ0) is 20.2. The second-order valence-corrected chi connectivity index (χ2v) is 7.17. The molecule has 10 heteroatoms. The van der Waals surface area contributed by atoms with Crippen LogP contribution in [0.4, 0.5) is 5.69 Å². The van der Waals surface area contributed by atoms with Crippen LogP contribution in [0.2, 0.25) is 0 Å². The summed E-state index contributed by atoms with van der Waals surface area (Å²) in [6.45, 7) is 3.37. The first kappa shape index (κ1) is 18.8. The van der Waals surface area contributed by atoms with Gasteiger partial charge in [-0.1, -0.05) is 36.0 Å². The molecule has 1 amide bonds. The highest BCUT2D eigenvalue weighted by Gasteiger charge is 2.15. The van der Waals surface area contributed by atoms with E-state index in [0.29, 0.717) is 22.4 Å². The molecule has 0 atom stereocenters. The van der Waals surface area contributed by atoms with Crippen molar-refractivity contribution < 1.29 is 4.79 Å². The van der Waals surface area contributed by atoms with Crippen molar-refractivity contribution in [3.8, 4) is 11.4 Å². The lowest BCUT2D eigenvalue weighted by Crippen LogP contribution is -2.07. The Balaban J connectivity index is 1.58. The number of amides is 1. The van der Waals surface area contributed by atoms with Gasteiger partial charge in [0.15, 0.2) is 11.0 Å². The van der Waals surface area contributed by atoms with Crippen molar-refractivity contribution in [1.29, 1.82) is 0 Å². The van der Waals surface area contributed by atoms with Crippen LogP contribution >= 0.6 is 11.8 Å². The number of aromatic nitrogens is 7. The minimum Gasteiger partial charge on any atom is -0.326 e. The number of carbonyl (C=O) groups is 1. The molecule has 4 aromatic rings. The van der Waals surface area contributed by atoms with Gasteiger partial charge in [0.05, 0.1) is 17.1 Å². The first-order valence-corrected chi connectivity index (χ1v) is 9.86. The maximum atomic E-state index is 11.4.